The Kier molecular flexibility index (Phi) is 10.8. The summed E-state index contributed by atoms with van der Waals surface area (Å²) < 4.78 is 10.9. The van der Waals surface area contributed by atoms with Crippen LogP contribution in [0.2, 0.25) is 0 Å². The minimum Gasteiger partial charge on any atom is -0.465 e. The average molecular weight is 355 g/mol. The van der Waals surface area contributed by atoms with Crippen molar-refractivity contribution in [3.63, 3.8) is 0 Å². The van der Waals surface area contributed by atoms with Crippen molar-refractivity contribution in [2.24, 2.45) is 23.7 Å². The van der Waals surface area contributed by atoms with Gasteiger partial charge in [-0.1, -0.05) is 40.5 Å². The maximum atomic E-state index is 12.3. The summed E-state index contributed by atoms with van der Waals surface area (Å²) in [5.74, 6) is 0.730. The molecule has 1 fully saturated rings. The number of carbonyl (C=O) groups is 2. The molecule has 2 unspecified atom stereocenters. The van der Waals surface area contributed by atoms with Gasteiger partial charge in [0.2, 0.25) is 0 Å². The van der Waals surface area contributed by atoms with Crippen LogP contribution in [0.4, 0.5) is 0 Å². The highest BCUT2D eigenvalue weighted by Crippen LogP contribution is 2.29. The molecule has 146 valence electrons. The molecule has 0 N–H and O–H groups in total. The number of rotatable bonds is 10. The Balaban J connectivity index is 2.36. The molecule has 0 heterocycles. The predicted octanol–water partition coefficient (Wildman–Crippen LogP) is 5.14. The maximum absolute atomic E-state index is 12.3. The van der Waals surface area contributed by atoms with E-state index in [9.17, 15) is 9.59 Å². The summed E-state index contributed by atoms with van der Waals surface area (Å²) in [6.45, 7) is 9.68. The van der Waals surface area contributed by atoms with Gasteiger partial charge in [0.15, 0.2) is 0 Å². The smallest absolute Gasteiger partial charge is 0.308 e. The zero-order valence-corrected chi connectivity index (χ0v) is 16.7. The first kappa shape index (κ1) is 22.0. The van der Waals surface area contributed by atoms with Crippen molar-refractivity contribution in [1.29, 1.82) is 0 Å². The third-order valence-corrected chi connectivity index (χ3v) is 4.93. The molecule has 1 aliphatic carbocycles. The SMILES string of the molecule is CC(C)CCCOC(=O)C1CCCCC(C(=O)OCCCC(C)C)C1. The molecule has 0 aromatic rings. The van der Waals surface area contributed by atoms with Crippen molar-refractivity contribution in [2.45, 2.75) is 85.5 Å². The standard InChI is InChI=1S/C21H38O4/c1-16(2)9-7-13-24-20(22)18-11-5-6-12-19(15-18)21(23)25-14-8-10-17(3)4/h16-19H,5-15H2,1-4H3. The molecule has 25 heavy (non-hydrogen) atoms. The number of ether oxygens (including phenoxy) is 2. The van der Waals surface area contributed by atoms with Crippen molar-refractivity contribution in [1.82, 2.24) is 0 Å². The summed E-state index contributed by atoms with van der Waals surface area (Å²) in [5.41, 5.74) is 0. The Bertz CT molecular complexity index is 353. The largest absolute Gasteiger partial charge is 0.465 e. The van der Waals surface area contributed by atoms with Gasteiger partial charge in [-0.05, 0) is 56.8 Å². The van der Waals surface area contributed by atoms with Crippen LogP contribution in [0.25, 0.3) is 0 Å². The van der Waals surface area contributed by atoms with Crippen LogP contribution in [0.5, 0.6) is 0 Å². The normalized spacial score (nSPS) is 21.2. The van der Waals surface area contributed by atoms with E-state index in [0.29, 0.717) is 31.5 Å². The highest BCUT2D eigenvalue weighted by atomic mass is 16.5. The van der Waals surface area contributed by atoms with E-state index in [1.165, 1.54) is 0 Å². The molecule has 1 saturated carbocycles. The van der Waals surface area contributed by atoms with Crippen LogP contribution in [0.15, 0.2) is 0 Å². The molecule has 0 saturated heterocycles. The zero-order valence-electron chi connectivity index (χ0n) is 16.7. The van der Waals surface area contributed by atoms with Crippen molar-refractivity contribution in [3.8, 4) is 0 Å². The molecule has 2 atom stereocenters. The quantitative estimate of drug-likeness (QED) is 0.309. The topological polar surface area (TPSA) is 52.6 Å². The highest BCUT2D eigenvalue weighted by molar-refractivity contribution is 5.76. The second kappa shape index (κ2) is 12.3. The van der Waals surface area contributed by atoms with Crippen LogP contribution in [0.1, 0.15) is 85.5 Å². The van der Waals surface area contributed by atoms with Gasteiger partial charge in [0.1, 0.15) is 0 Å². The molecule has 0 amide bonds. The molecule has 1 rings (SSSR count). The fraction of sp³-hybridized carbons (Fsp3) is 0.905. The number of carbonyl (C=O) groups excluding carboxylic acids is 2. The summed E-state index contributed by atoms with van der Waals surface area (Å²) >= 11 is 0. The Morgan fingerprint density at radius 3 is 1.56 bits per heavy atom. The van der Waals surface area contributed by atoms with Gasteiger partial charge in [-0.25, -0.2) is 0 Å². The minimum atomic E-state index is -0.144. The molecule has 0 radical (unpaired) electrons. The Morgan fingerprint density at radius 1 is 0.800 bits per heavy atom. The third kappa shape index (κ3) is 9.86. The molecule has 0 spiro atoms. The summed E-state index contributed by atoms with van der Waals surface area (Å²) in [4.78, 5) is 24.6. The lowest BCUT2D eigenvalue weighted by Gasteiger charge is -2.18. The fourth-order valence-corrected chi connectivity index (χ4v) is 3.35. The number of hydrogen-bond acceptors (Lipinski definition) is 4. The van der Waals surface area contributed by atoms with Crippen LogP contribution in [0, 0.1) is 23.7 Å². The van der Waals surface area contributed by atoms with Crippen LogP contribution in [-0.4, -0.2) is 25.2 Å². The number of esters is 2. The first-order valence-electron chi connectivity index (χ1n) is 10.2. The molecule has 4 heteroatoms. The lowest BCUT2D eigenvalue weighted by molar-refractivity contribution is -0.152. The van der Waals surface area contributed by atoms with Gasteiger partial charge in [-0.3, -0.25) is 9.59 Å². The molecular weight excluding hydrogens is 316 g/mol. The van der Waals surface area contributed by atoms with E-state index in [2.05, 4.69) is 27.7 Å². The Labute approximate surface area is 154 Å². The molecule has 4 nitrogen and oxygen atoms in total. The van der Waals surface area contributed by atoms with Gasteiger partial charge in [0.05, 0.1) is 25.0 Å². The fourth-order valence-electron chi connectivity index (χ4n) is 3.35. The first-order valence-corrected chi connectivity index (χ1v) is 10.2. The zero-order chi connectivity index (χ0) is 18.7. The van der Waals surface area contributed by atoms with Gasteiger partial charge < -0.3 is 9.47 Å². The monoisotopic (exact) mass is 354 g/mol. The maximum Gasteiger partial charge on any atom is 0.308 e. The molecular formula is C21H38O4. The average Bonchev–Trinajstić information content (AvgIpc) is 2.81. The van der Waals surface area contributed by atoms with Crippen molar-refractivity contribution >= 4 is 11.9 Å². The van der Waals surface area contributed by atoms with Crippen molar-refractivity contribution in [3.05, 3.63) is 0 Å². The van der Waals surface area contributed by atoms with Gasteiger partial charge in [-0.2, -0.15) is 0 Å². The summed E-state index contributed by atoms with van der Waals surface area (Å²) in [6, 6.07) is 0. The van der Waals surface area contributed by atoms with E-state index in [1.807, 2.05) is 0 Å². The van der Waals surface area contributed by atoms with Crippen LogP contribution < -0.4 is 0 Å². The second-order valence-electron chi connectivity index (χ2n) is 8.32. The molecule has 0 aromatic carbocycles. The van der Waals surface area contributed by atoms with Crippen LogP contribution in [0.3, 0.4) is 0 Å². The first-order chi connectivity index (χ1) is 11.9. The summed E-state index contributed by atoms with van der Waals surface area (Å²) in [5, 5.41) is 0. The van der Waals surface area contributed by atoms with E-state index in [0.717, 1.165) is 51.4 Å². The van der Waals surface area contributed by atoms with Crippen LogP contribution in [-0.2, 0) is 19.1 Å². The van der Waals surface area contributed by atoms with E-state index >= 15 is 0 Å². The predicted molar refractivity (Wildman–Crippen MR) is 100 cm³/mol. The van der Waals surface area contributed by atoms with Crippen LogP contribution >= 0.6 is 0 Å². The van der Waals surface area contributed by atoms with E-state index < -0.39 is 0 Å². The van der Waals surface area contributed by atoms with Gasteiger partial charge >= 0.3 is 11.9 Å². The van der Waals surface area contributed by atoms with E-state index in [-0.39, 0.29) is 23.8 Å². The Hall–Kier alpha value is -1.06. The molecule has 0 bridgehead atoms. The summed E-state index contributed by atoms with van der Waals surface area (Å²) in [6.07, 6.45) is 8.21. The molecule has 0 aromatic heterocycles. The second-order valence-corrected chi connectivity index (χ2v) is 8.32. The number of hydrogen-bond donors (Lipinski definition) is 0. The molecule has 1 aliphatic rings. The van der Waals surface area contributed by atoms with Gasteiger partial charge in [-0.15, -0.1) is 0 Å². The molecule has 0 aliphatic heterocycles. The summed E-state index contributed by atoms with van der Waals surface area (Å²) in [7, 11) is 0. The third-order valence-electron chi connectivity index (χ3n) is 4.93. The Morgan fingerprint density at radius 2 is 1.20 bits per heavy atom. The van der Waals surface area contributed by atoms with E-state index in [1.54, 1.807) is 0 Å². The van der Waals surface area contributed by atoms with Crippen molar-refractivity contribution in [2.75, 3.05) is 13.2 Å². The minimum absolute atomic E-state index is 0.122. The highest BCUT2D eigenvalue weighted by Gasteiger charge is 2.31. The van der Waals surface area contributed by atoms with Crippen molar-refractivity contribution < 1.29 is 19.1 Å². The lowest BCUT2D eigenvalue weighted by atomic mass is 9.93. The van der Waals surface area contributed by atoms with Gasteiger partial charge in [0.25, 0.3) is 0 Å². The lowest BCUT2D eigenvalue weighted by Crippen LogP contribution is -2.25. The van der Waals surface area contributed by atoms with E-state index in [4.69, 9.17) is 9.47 Å². The van der Waals surface area contributed by atoms with Gasteiger partial charge in [0, 0.05) is 0 Å².